The molecule has 1 aromatic rings. The molecule has 0 radical (unpaired) electrons. The third kappa shape index (κ3) is 2.52. The molecule has 78 valence electrons. The van der Waals surface area contributed by atoms with Gasteiger partial charge in [-0.15, -0.1) is 0 Å². The average Bonchev–Trinajstić information content (AvgIpc) is 2.50. The van der Waals surface area contributed by atoms with Crippen LogP contribution in [0.15, 0.2) is 29.8 Å². The topological polar surface area (TPSA) is 0 Å². The van der Waals surface area contributed by atoms with Gasteiger partial charge in [0.2, 0.25) is 0 Å². The fourth-order valence-corrected chi connectivity index (χ4v) is 7.51. The molecule has 0 N–H and O–H groups in total. The summed E-state index contributed by atoms with van der Waals surface area (Å²) in [7, 11) is -0.340. The molecule has 0 bridgehead atoms. The van der Waals surface area contributed by atoms with Gasteiger partial charge in [-0.1, -0.05) is 0 Å². The van der Waals surface area contributed by atoms with Crippen LogP contribution in [0.1, 0.15) is 22.3 Å². The van der Waals surface area contributed by atoms with Gasteiger partial charge in [0.25, 0.3) is 0 Å². The number of benzene rings is 1. The van der Waals surface area contributed by atoms with Gasteiger partial charge in [-0.3, -0.25) is 0 Å². The van der Waals surface area contributed by atoms with Crippen LogP contribution in [0, 0.1) is 0 Å². The minimum absolute atomic E-state index is 0.206. The van der Waals surface area contributed by atoms with E-state index < -0.39 is 0 Å². The summed E-state index contributed by atoms with van der Waals surface area (Å²) in [4.78, 5) is 0. The Morgan fingerprint density at radius 1 is 1.27 bits per heavy atom. The molecule has 0 aromatic heterocycles. The van der Waals surface area contributed by atoms with Crippen molar-refractivity contribution >= 4 is 14.9 Å². The molecule has 0 nitrogen and oxygen atoms in total. The zero-order chi connectivity index (χ0) is 10.8. The molecular weight excluding hydrogens is 232 g/mol. The zero-order valence-corrected chi connectivity index (χ0v) is 12.5. The van der Waals surface area contributed by atoms with Crippen molar-refractivity contribution in [2.75, 3.05) is 0 Å². The molecule has 0 saturated heterocycles. The predicted octanol–water partition coefficient (Wildman–Crippen LogP) is 3.67. The van der Waals surface area contributed by atoms with E-state index in [1.807, 2.05) is 0 Å². The Kier molecular flexibility index (Phi) is 3.65. The van der Waals surface area contributed by atoms with E-state index in [2.05, 4.69) is 50.4 Å². The van der Waals surface area contributed by atoms with Gasteiger partial charge < -0.3 is 0 Å². The van der Waals surface area contributed by atoms with Crippen molar-refractivity contribution in [2.24, 2.45) is 0 Å². The van der Waals surface area contributed by atoms with Gasteiger partial charge in [0.05, 0.1) is 0 Å². The van der Waals surface area contributed by atoms with Crippen LogP contribution in [-0.2, 0) is 19.2 Å². The van der Waals surface area contributed by atoms with Crippen molar-refractivity contribution in [3.05, 3.63) is 41.0 Å². The Morgan fingerprint density at radius 2 is 2.00 bits per heavy atom. The van der Waals surface area contributed by atoms with E-state index in [0.29, 0.717) is 0 Å². The van der Waals surface area contributed by atoms with Crippen LogP contribution >= 0.6 is 0 Å². The Labute approximate surface area is 103 Å². The Bertz CT molecular complexity index is 382. The van der Waals surface area contributed by atoms with Crippen LogP contribution in [0.5, 0.6) is 0 Å². The van der Waals surface area contributed by atoms with E-state index in [9.17, 15) is 0 Å². The van der Waals surface area contributed by atoms with E-state index in [1.165, 1.54) is 5.56 Å². The van der Waals surface area contributed by atoms with Crippen molar-refractivity contribution < 1.29 is 19.2 Å². The van der Waals surface area contributed by atoms with Crippen LogP contribution < -0.4 is 0 Å². The van der Waals surface area contributed by atoms with Crippen LogP contribution in [-0.4, -0.2) is 8.80 Å². The Morgan fingerprint density at radius 3 is 2.73 bits per heavy atom. The standard InChI is InChI=1S/C10H9.C3H9Si.Ti/c1-8-6-9-4-2-3-5-10(9)7-8;1-4(2)3;/h2-7H,1H3;4H,1H2,2-3H3;. The summed E-state index contributed by atoms with van der Waals surface area (Å²) < 4.78 is 2.43. The fourth-order valence-electron chi connectivity index (χ4n) is 2.10. The number of hydrogen-bond donors (Lipinski definition) is 0. The van der Waals surface area contributed by atoms with E-state index >= 15 is 0 Å². The summed E-state index contributed by atoms with van der Waals surface area (Å²) in [5.41, 5.74) is 4.71. The SMILES string of the molecule is CC1=Cc2ccccc2[CH]1[Ti][CH2][SiH](C)C. The second-order valence-electron chi connectivity index (χ2n) is 4.75. The van der Waals surface area contributed by atoms with E-state index in [0.717, 1.165) is 4.22 Å². The number of fused-ring (bicyclic) bond motifs is 1. The summed E-state index contributed by atoms with van der Waals surface area (Å²) >= 11 is 0.206. The molecule has 1 aliphatic carbocycles. The molecule has 2 heteroatoms. The number of rotatable bonds is 3. The summed E-state index contributed by atoms with van der Waals surface area (Å²) in [6, 6.07) is 8.94. The average molecular weight is 250 g/mol. The molecular formula is C13H18SiTi. The van der Waals surface area contributed by atoms with E-state index in [-0.39, 0.29) is 27.9 Å². The van der Waals surface area contributed by atoms with Crippen molar-refractivity contribution in [1.29, 1.82) is 0 Å². The molecule has 15 heavy (non-hydrogen) atoms. The maximum atomic E-state index is 2.48. The molecule has 0 aliphatic heterocycles. The molecule has 2 rings (SSSR count). The van der Waals surface area contributed by atoms with Gasteiger partial charge >= 0.3 is 104 Å². The quantitative estimate of drug-likeness (QED) is 0.718. The maximum absolute atomic E-state index is 2.48. The number of allylic oxidation sites excluding steroid dienone is 1. The van der Waals surface area contributed by atoms with Gasteiger partial charge in [0.1, 0.15) is 0 Å². The van der Waals surface area contributed by atoms with Crippen LogP contribution in [0.4, 0.5) is 0 Å². The van der Waals surface area contributed by atoms with Crippen molar-refractivity contribution in [3.8, 4) is 0 Å². The molecule has 1 atom stereocenters. The Balaban J connectivity index is 2.16. The van der Waals surface area contributed by atoms with Gasteiger partial charge in [0.15, 0.2) is 0 Å². The first-order valence-corrected chi connectivity index (χ1v) is 10.8. The summed E-state index contributed by atoms with van der Waals surface area (Å²) in [6.07, 6.45) is 2.39. The first-order chi connectivity index (χ1) is 7.18. The minimum atomic E-state index is -0.340. The van der Waals surface area contributed by atoms with Gasteiger partial charge in [-0.2, -0.15) is 0 Å². The summed E-state index contributed by atoms with van der Waals surface area (Å²) in [6.45, 7) is 7.27. The van der Waals surface area contributed by atoms with Crippen molar-refractivity contribution in [1.82, 2.24) is 0 Å². The summed E-state index contributed by atoms with van der Waals surface area (Å²) in [5.74, 6) is 0. The first kappa shape index (κ1) is 11.4. The molecule has 0 fully saturated rings. The fraction of sp³-hybridized carbons (Fsp3) is 0.385. The third-order valence-corrected chi connectivity index (χ3v) is 10.7. The monoisotopic (exact) mass is 250 g/mol. The normalized spacial score (nSPS) is 18.9. The molecule has 1 aliphatic rings. The molecule has 0 amide bonds. The van der Waals surface area contributed by atoms with E-state index in [1.54, 1.807) is 15.5 Å². The predicted molar refractivity (Wildman–Crippen MR) is 66.5 cm³/mol. The second kappa shape index (κ2) is 4.82. The Hall–Kier alpha value is -0.109. The summed E-state index contributed by atoms with van der Waals surface area (Å²) in [5, 5.41) is 0. The molecule has 0 heterocycles. The van der Waals surface area contributed by atoms with Crippen LogP contribution in [0.25, 0.3) is 6.08 Å². The number of hydrogen-bond acceptors (Lipinski definition) is 0. The molecule has 0 saturated carbocycles. The molecule has 1 unspecified atom stereocenters. The van der Waals surface area contributed by atoms with Crippen molar-refractivity contribution in [3.63, 3.8) is 0 Å². The van der Waals surface area contributed by atoms with Crippen molar-refractivity contribution in [2.45, 2.75) is 28.6 Å². The molecule has 1 aromatic carbocycles. The van der Waals surface area contributed by atoms with Gasteiger partial charge in [-0.25, -0.2) is 0 Å². The second-order valence-corrected chi connectivity index (χ2v) is 11.4. The first-order valence-electron chi connectivity index (χ1n) is 5.69. The molecule has 0 spiro atoms. The third-order valence-electron chi connectivity index (χ3n) is 2.88. The van der Waals surface area contributed by atoms with Crippen LogP contribution in [0.2, 0.25) is 17.4 Å². The zero-order valence-electron chi connectivity index (χ0n) is 9.75. The van der Waals surface area contributed by atoms with E-state index in [4.69, 9.17) is 0 Å². The van der Waals surface area contributed by atoms with Crippen LogP contribution in [0.3, 0.4) is 0 Å². The van der Waals surface area contributed by atoms with Gasteiger partial charge in [-0.05, 0) is 0 Å². The van der Waals surface area contributed by atoms with Gasteiger partial charge in [0, 0.05) is 0 Å².